The number of aryl methyl sites for hydroxylation is 1. The molecule has 0 spiro atoms. The molecule has 1 amide bonds. The highest BCUT2D eigenvalue weighted by molar-refractivity contribution is 8.01. The van der Waals surface area contributed by atoms with Gasteiger partial charge in [0, 0.05) is 4.90 Å². The smallest absolute Gasteiger partial charge is 0.261 e. The molecule has 0 bridgehead atoms. The van der Waals surface area contributed by atoms with E-state index in [9.17, 15) is 13.2 Å². The summed E-state index contributed by atoms with van der Waals surface area (Å²) in [5.74, 6) is -0.0822. The number of hydrogen-bond donors (Lipinski definition) is 2. The van der Waals surface area contributed by atoms with Crippen LogP contribution in [0.5, 0.6) is 0 Å². The van der Waals surface area contributed by atoms with Crippen molar-refractivity contribution in [3.05, 3.63) is 48.0 Å². The second-order valence-corrected chi connectivity index (χ2v) is 8.45. The molecule has 23 heavy (non-hydrogen) atoms. The maximum atomic E-state index is 12.4. The normalized spacial score (nSPS) is 17.3. The summed E-state index contributed by atoms with van der Waals surface area (Å²) in [5.41, 5.74) is 1.92. The van der Waals surface area contributed by atoms with Crippen LogP contribution in [0.25, 0.3) is 0 Å². The summed E-state index contributed by atoms with van der Waals surface area (Å²) < 4.78 is 27.4. The van der Waals surface area contributed by atoms with Crippen molar-refractivity contribution in [2.24, 2.45) is 0 Å². The lowest BCUT2D eigenvalue weighted by Crippen LogP contribution is -2.26. The molecule has 120 valence electrons. The summed E-state index contributed by atoms with van der Waals surface area (Å²) in [6.45, 7) is 3.67. The van der Waals surface area contributed by atoms with Crippen molar-refractivity contribution >= 4 is 39.1 Å². The molecule has 0 aromatic heterocycles. The van der Waals surface area contributed by atoms with Crippen molar-refractivity contribution in [2.45, 2.75) is 28.9 Å². The Kier molecular flexibility index (Phi) is 4.08. The molecule has 2 aromatic rings. The van der Waals surface area contributed by atoms with Gasteiger partial charge in [0.05, 0.1) is 21.5 Å². The van der Waals surface area contributed by atoms with Crippen LogP contribution < -0.4 is 10.0 Å². The fraction of sp³-hybridized carbons (Fsp3) is 0.188. The van der Waals surface area contributed by atoms with E-state index in [0.717, 1.165) is 10.5 Å². The highest BCUT2D eigenvalue weighted by Crippen LogP contribution is 2.37. The number of fused-ring (bicyclic) bond motifs is 1. The molecule has 0 fully saturated rings. The monoisotopic (exact) mass is 348 g/mol. The lowest BCUT2D eigenvalue weighted by atomic mass is 10.2. The molecule has 1 unspecified atom stereocenters. The average Bonchev–Trinajstić information content (AvgIpc) is 2.48. The van der Waals surface area contributed by atoms with E-state index in [1.165, 1.54) is 11.8 Å². The lowest BCUT2D eigenvalue weighted by molar-refractivity contribution is -0.115. The van der Waals surface area contributed by atoms with Gasteiger partial charge in [0.1, 0.15) is 0 Å². The second kappa shape index (κ2) is 5.90. The lowest BCUT2D eigenvalue weighted by Gasteiger charge is -2.22. The van der Waals surface area contributed by atoms with E-state index in [4.69, 9.17) is 0 Å². The van der Waals surface area contributed by atoms with Crippen molar-refractivity contribution in [1.82, 2.24) is 0 Å². The van der Waals surface area contributed by atoms with Crippen molar-refractivity contribution in [1.29, 1.82) is 0 Å². The zero-order valence-corrected chi connectivity index (χ0v) is 14.3. The van der Waals surface area contributed by atoms with Crippen LogP contribution in [-0.4, -0.2) is 19.6 Å². The number of carbonyl (C=O) groups excluding carboxylic acids is 1. The number of carbonyl (C=O) groups is 1. The Morgan fingerprint density at radius 2 is 1.96 bits per heavy atom. The van der Waals surface area contributed by atoms with Crippen LogP contribution >= 0.6 is 11.8 Å². The molecular formula is C16H16N2O3S2. The summed E-state index contributed by atoms with van der Waals surface area (Å²) in [4.78, 5) is 12.9. The topological polar surface area (TPSA) is 75.3 Å². The number of benzene rings is 2. The van der Waals surface area contributed by atoms with Gasteiger partial charge in [-0.25, -0.2) is 8.42 Å². The largest absolute Gasteiger partial charge is 0.324 e. The van der Waals surface area contributed by atoms with Gasteiger partial charge < -0.3 is 5.32 Å². The van der Waals surface area contributed by atoms with Crippen LogP contribution in [0.1, 0.15) is 12.5 Å². The third-order valence-corrected chi connectivity index (χ3v) is 6.02. The summed E-state index contributed by atoms with van der Waals surface area (Å²) in [5, 5.41) is 2.63. The molecule has 0 radical (unpaired) electrons. The third kappa shape index (κ3) is 3.35. The van der Waals surface area contributed by atoms with Gasteiger partial charge in [-0.2, -0.15) is 0 Å². The SMILES string of the molecule is Cc1cccc(S(=O)(=O)Nc2ccc3c(c2)NC(=O)C(C)S3)c1. The van der Waals surface area contributed by atoms with Gasteiger partial charge in [0.15, 0.2) is 0 Å². The predicted octanol–water partition coefficient (Wildman–Crippen LogP) is 3.23. The van der Waals surface area contributed by atoms with Gasteiger partial charge in [0.25, 0.3) is 10.0 Å². The molecule has 1 aliphatic heterocycles. The van der Waals surface area contributed by atoms with E-state index in [-0.39, 0.29) is 16.1 Å². The van der Waals surface area contributed by atoms with Crippen molar-refractivity contribution in [2.75, 3.05) is 10.0 Å². The highest BCUT2D eigenvalue weighted by Gasteiger charge is 2.23. The first-order chi connectivity index (χ1) is 10.8. The van der Waals surface area contributed by atoms with Crippen LogP contribution in [0, 0.1) is 6.92 Å². The fourth-order valence-corrected chi connectivity index (χ4v) is 4.35. The third-order valence-electron chi connectivity index (χ3n) is 3.46. The summed E-state index contributed by atoms with van der Waals surface area (Å²) in [7, 11) is -3.66. The Morgan fingerprint density at radius 1 is 1.17 bits per heavy atom. The molecular weight excluding hydrogens is 332 g/mol. The summed E-state index contributed by atoms with van der Waals surface area (Å²) in [6, 6.07) is 11.8. The van der Waals surface area contributed by atoms with Crippen molar-refractivity contribution < 1.29 is 13.2 Å². The fourth-order valence-electron chi connectivity index (χ4n) is 2.27. The molecule has 7 heteroatoms. The number of sulfonamides is 1. The standard InChI is InChI=1S/C16H16N2O3S2/c1-10-4-3-5-13(8-10)23(20,21)18-12-6-7-15-14(9-12)17-16(19)11(2)22-15/h3-9,11,18H,1-2H3,(H,17,19). The molecule has 1 atom stereocenters. The van der Waals surface area contributed by atoms with E-state index < -0.39 is 10.0 Å². The molecule has 1 aliphatic rings. The summed E-state index contributed by atoms with van der Waals surface area (Å²) in [6.07, 6.45) is 0. The zero-order chi connectivity index (χ0) is 16.6. The Bertz CT molecular complexity index is 879. The minimum atomic E-state index is -3.66. The van der Waals surface area contributed by atoms with E-state index in [1.807, 2.05) is 26.0 Å². The van der Waals surface area contributed by atoms with E-state index in [0.29, 0.717) is 11.4 Å². The number of thioether (sulfide) groups is 1. The minimum absolute atomic E-state index is 0.0822. The maximum Gasteiger partial charge on any atom is 0.261 e. The van der Waals surface area contributed by atoms with Crippen LogP contribution in [0.15, 0.2) is 52.3 Å². The number of rotatable bonds is 3. The number of anilines is 2. The van der Waals surface area contributed by atoms with E-state index in [2.05, 4.69) is 10.0 Å². The van der Waals surface area contributed by atoms with Crippen LogP contribution in [0.2, 0.25) is 0 Å². The Balaban J connectivity index is 1.89. The first kappa shape index (κ1) is 15.9. The number of hydrogen-bond acceptors (Lipinski definition) is 4. The van der Waals surface area contributed by atoms with Crippen LogP contribution in [0.3, 0.4) is 0 Å². The zero-order valence-electron chi connectivity index (χ0n) is 12.7. The molecule has 2 aromatic carbocycles. The molecule has 5 nitrogen and oxygen atoms in total. The quantitative estimate of drug-likeness (QED) is 0.893. The van der Waals surface area contributed by atoms with Crippen LogP contribution in [0.4, 0.5) is 11.4 Å². The van der Waals surface area contributed by atoms with Crippen molar-refractivity contribution in [3.8, 4) is 0 Å². The number of amides is 1. The molecule has 2 N–H and O–H groups in total. The first-order valence-electron chi connectivity index (χ1n) is 7.06. The molecule has 0 aliphatic carbocycles. The highest BCUT2D eigenvalue weighted by atomic mass is 32.2. The second-order valence-electron chi connectivity index (χ2n) is 5.38. The van der Waals surface area contributed by atoms with Gasteiger partial charge in [-0.05, 0) is 49.7 Å². The Morgan fingerprint density at radius 3 is 2.70 bits per heavy atom. The minimum Gasteiger partial charge on any atom is -0.324 e. The number of nitrogens with one attached hydrogen (secondary N) is 2. The van der Waals surface area contributed by atoms with E-state index in [1.54, 1.807) is 30.3 Å². The van der Waals surface area contributed by atoms with E-state index >= 15 is 0 Å². The molecule has 0 saturated carbocycles. The molecule has 0 saturated heterocycles. The van der Waals surface area contributed by atoms with Gasteiger partial charge in [-0.15, -0.1) is 11.8 Å². The van der Waals surface area contributed by atoms with Gasteiger partial charge in [-0.3, -0.25) is 9.52 Å². The van der Waals surface area contributed by atoms with Gasteiger partial charge in [-0.1, -0.05) is 12.1 Å². The first-order valence-corrected chi connectivity index (χ1v) is 9.42. The summed E-state index contributed by atoms with van der Waals surface area (Å²) >= 11 is 1.46. The Labute approximate surface area is 139 Å². The molecule has 3 rings (SSSR count). The Hall–Kier alpha value is -1.99. The molecule has 1 heterocycles. The predicted molar refractivity (Wildman–Crippen MR) is 92.4 cm³/mol. The van der Waals surface area contributed by atoms with Gasteiger partial charge in [0.2, 0.25) is 5.91 Å². The van der Waals surface area contributed by atoms with Crippen LogP contribution in [-0.2, 0) is 14.8 Å². The van der Waals surface area contributed by atoms with Gasteiger partial charge >= 0.3 is 0 Å². The van der Waals surface area contributed by atoms with Crippen molar-refractivity contribution in [3.63, 3.8) is 0 Å². The average molecular weight is 348 g/mol. The maximum absolute atomic E-state index is 12.4.